The van der Waals surface area contributed by atoms with E-state index in [4.69, 9.17) is 0 Å². The molecule has 0 N–H and O–H groups in total. The van der Waals surface area contributed by atoms with Crippen LogP contribution >= 0.6 is 27.3 Å². The van der Waals surface area contributed by atoms with Crippen LogP contribution in [0.15, 0.2) is 15.9 Å². The number of thiophene rings is 1. The van der Waals surface area contributed by atoms with E-state index in [0.717, 1.165) is 12.0 Å². The van der Waals surface area contributed by atoms with Crippen LogP contribution in [-0.4, -0.2) is 18.0 Å². The minimum atomic E-state index is 0.756. The van der Waals surface area contributed by atoms with E-state index in [1.807, 2.05) is 11.3 Å². The summed E-state index contributed by atoms with van der Waals surface area (Å²) >= 11 is 5.42. The monoisotopic (exact) mass is 313 g/mol. The Labute approximate surface area is 116 Å². The fourth-order valence-corrected chi connectivity index (χ4v) is 4.96. The zero-order valence-electron chi connectivity index (χ0n) is 10.3. The Morgan fingerprint density at radius 2 is 1.88 bits per heavy atom. The van der Waals surface area contributed by atoms with Crippen molar-refractivity contribution in [3.05, 3.63) is 20.8 Å². The average molecular weight is 314 g/mol. The number of hydrogen-bond donors (Lipinski definition) is 0. The van der Waals surface area contributed by atoms with Gasteiger partial charge in [-0.15, -0.1) is 11.3 Å². The normalized spacial score (nSPS) is 24.5. The first-order valence-corrected chi connectivity index (χ1v) is 8.38. The first-order valence-electron chi connectivity index (χ1n) is 6.71. The Morgan fingerprint density at radius 1 is 1.18 bits per heavy atom. The number of hydrogen-bond acceptors (Lipinski definition) is 2. The molecule has 94 valence electrons. The van der Waals surface area contributed by atoms with E-state index in [9.17, 15) is 0 Å². The van der Waals surface area contributed by atoms with E-state index in [1.54, 1.807) is 0 Å². The molecule has 2 heterocycles. The third kappa shape index (κ3) is 2.77. The molecule has 2 fully saturated rings. The predicted octanol–water partition coefficient (Wildman–Crippen LogP) is 4.67. The molecule has 0 unspecified atom stereocenters. The summed E-state index contributed by atoms with van der Waals surface area (Å²) in [5, 5.41) is 2.19. The lowest BCUT2D eigenvalue weighted by Gasteiger charge is -2.39. The van der Waals surface area contributed by atoms with Crippen molar-refractivity contribution in [2.24, 2.45) is 5.41 Å². The lowest BCUT2D eigenvalue weighted by Crippen LogP contribution is -2.38. The third-order valence-electron chi connectivity index (χ3n) is 4.58. The summed E-state index contributed by atoms with van der Waals surface area (Å²) in [6.45, 7) is 3.79. The van der Waals surface area contributed by atoms with Gasteiger partial charge in [0.05, 0.1) is 0 Å². The quantitative estimate of drug-likeness (QED) is 0.767. The fourth-order valence-electron chi connectivity index (χ4n) is 3.47. The van der Waals surface area contributed by atoms with Crippen LogP contribution in [0.2, 0.25) is 0 Å². The van der Waals surface area contributed by atoms with Crippen molar-refractivity contribution in [1.82, 2.24) is 4.90 Å². The van der Waals surface area contributed by atoms with Gasteiger partial charge in [0.25, 0.3) is 0 Å². The Bertz CT molecular complexity index is 371. The lowest BCUT2D eigenvalue weighted by molar-refractivity contribution is 0.104. The molecule has 1 aliphatic heterocycles. The summed E-state index contributed by atoms with van der Waals surface area (Å²) in [7, 11) is 0. The van der Waals surface area contributed by atoms with Gasteiger partial charge in [-0.1, -0.05) is 12.8 Å². The smallest absolute Gasteiger partial charge is 0.0328 e. The van der Waals surface area contributed by atoms with Crippen LogP contribution in [-0.2, 0) is 6.54 Å². The van der Waals surface area contributed by atoms with E-state index < -0.39 is 0 Å². The van der Waals surface area contributed by atoms with Crippen molar-refractivity contribution in [1.29, 1.82) is 0 Å². The van der Waals surface area contributed by atoms with Gasteiger partial charge in [-0.05, 0) is 66.2 Å². The summed E-state index contributed by atoms with van der Waals surface area (Å²) in [6, 6.07) is 2.27. The van der Waals surface area contributed by atoms with E-state index in [2.05, 4.69) is 32.3 Å². The molecule has 1 aliphatic carbocycles. The largest absolute Gasteiger partial charge is 0.298 e. The molecule has 1 aromatic rings. The predicted molar refractivity (Wildman–Crippen MR) is 77.4 cm³/mol. The zero-order chi connectivity index (χ0) is 11.7. The second-order valence-electron chi connectivity index (χ2n) is 5.71. The maximum Gasteiger partial charge on any atom is 0.0328 e. The Morgan fingerprint density at radius 3 is 2.47 bits per heavy atom. The van der Waals surface area contributed by atoms with Crippen molar-refractivity contribution in [2.45, 2.75) is 45.1 Å². The maximum atomic E-state index is 3.54. The Kier molecular flexibility index (Phi) is 3.60. The molecule has 1 nitrogen and oxygen atoms in total. The van der Waals surface area contributed by atoms with Crippen molar-refractivity contribution >= 4 is 27.3 Å². The molecule has 3 rings (SSSR count). The lowest BCUT2D eigenvalue weighted by atomic mass is 9.77. The van der Waals surface area contributed by atoms with Crippen molar-refractivity contribution in [2.75, 3.05) is 13.1 Å². The molecule has 0 radical (unpaired) electrons. The average Bonchev–Trinajstić information content (AvgIpc) is 2.93. The van der Waals surface area contributed by atoms with Gasteiger partial charge in [-0.3, -0.25) is 4.90 Å². The van der Waals surface area contributed by atoms with E-state index in [-0.39, 0.29) is 0 Å². The highest BCUT2D eigenvalue weighted by molar-refractivity contribution is 9.10. The second kappa shape index (κ2) is 5.02. The zero-order valence-corrected chi connectivity index (χ0v) is 12.7. The molecule has 1 saturated carbocycles. The van der Waals surface area contributed by atoms with E-state index in [0.29, 0.717) is 0 Å². The van der Waals surface area contributed by atoms with Gasteiger partial charge >= 0.3 is 0 Å². The molecular formula is C14H20BrNS. The van der Waals surface area contributed by atoms with Gasteiger partial charge in [0.2, 0.25) is 0 Å². The van der Waals surface area contributed by atoms with Crippen LogP contribution in [0.5, 0.6) is 0 Å². The highest BCUT2D eigenvalue weighted by Crippen LogP contribution is 2.46. The first kappa shape index (κ1) is 12.2. The molecule has 1 spiro atoms. The van der Waals surface area contributed by atoms with Crippen LogP contribution in [0.3, 0.4) is 0 Å². The van der Waals surface area contributed by atoms with Crippen molar-refractivity contribution in [3.63, 3.8) is 0 Å². The van der Waals surface area contributed by atoms with Gasteiger partial charge in [0, 0.05) is 21.3 Å². The van der Waals surface area contributed by atoms with Gasteiger partial charge in [0.15, 0.2) is 0 Å². The summed E-state index contributed by atoms with van der Waals surface area (Å²) < 4.78 is 1.24. The first-order chi connectivity index (χ1) is 8.26. The highest BCUT2D eigenvalue weighted by atomic mass is 79.9. The maximum absolute atomic E-state index is 3.54. The van der Waals surface area contributed by atoms with Crippen LogP contribution in [0, 0.1) is 5.41 Å². The number of halogens is 1. The van der Waals surface area contributed by atoms with Gasteiger partial charge in [-0.2, -0.15) is 0 Å². The minimum absolute atomic E-state index is 0.756. The minimum Gasteiger partial charge on any atom is -0.298 e. The van der Waals surface area contributed by atoms with E-state index >= 15 is 0 Å². The molecule has 0 atom stereocenters. The van der Waals surface area contributed by atoms with Crippen LogP contribution in [0.1, 0.15) is 43.4 Å². The molecule has 0 amide bonds. The van der Waals surface area contributed by atoms with Crippen molar-refractivity contribution < 1.29 is 0 Å². The Balaban J connectivity index is 1.54. The van der Waals surface area contributed by atoms with Crippen LogP contribution in [0.25, 0.3) is 0 Å². The highest BCUT2D eigenvalue weighted by Gasteiger charge is 2.36. The van der Waals surface area contributed by atoms with Gasteiger partial charge in [-0.25, -0.2) is 0 Å². The molecule has 2 aliphatic rings. The number of likely N-dealkylation sites (tertiary alicyclic amines) is 1. The van der Waals surface area contributed by atoms with Gasteiger partial charge < -0.3 is 0 Å². The summed E-state index contributed by atoms with van der Waals surface area (Å²) in [5.41, 5.74) is 0.756. The SMILES string of the molecule is Brc1csc(CN2CCC3(CCCC3)CC2)c1. The number of nitrogens with zero attached hydrogens (tertiary/aromatic N) is 1. The molecule has 0 bridgehead atoms. The molecule has 1 aromatic heterocycles. The number of rotatable bonds is 2. The van der Waals surface area contributed by atoms with E-state index in [1.165, 1.54) is 61.0 Å². The van der Waals surface area contributed by atoms with Crippen molar-refractivity contribution in [3.8, 4) is 0 Å². The van der Waals surface area contributed by atoms with Crippen LogP contribution in [0.4, 0.5) is 0 Å². The summed E-state index contributed by atoms with van der Waals surface area (Å²) in [5.74, 6) is 0. The molecule has 1 saturated heterocycles. The molecular weight excluding hydrogens is 294 g/mol. The number of piperidine rings is 1. The third-order valence-corrected chi connectivity index (χ3v) is 6.26. The molecule has 17 heavy (non-hydrogen) atoms. The van der Waals surface area contributed by atoms with Crippen LogP contribution < -0.4 is 0 Å². The standard InChI is InChI=1S/C14H20BrNS/c15-12-9-13(17-11-12)10-16-7-5-14(6-8-16)3-1-2-4-14/h9,11H,1-8,10H2. The summed E-state index contributed by atoms with van der Waals surface area (Å²) in [4.78, 5) is 4.14. The molecule has 3 heteroatoms. The van der Waals surface area contributed by atoms with Gasteiger partial charge in [0.1, 0.15) is 0 Å². The Hall–Kier alpha value is 0.140. The topological polar surface area (TPSA) is 3.24 Å². The summed E-state index contributed by atoms with van der Waals surface area (Å²) in [6.07, 6.45) is 8.87. The fraction of sp³-hybridized carbons (Fsp3) is 0.714. The second-order valence-corrected chi connectivity index (χ2v) is 7.63. The molecule has 0 aromatic carbocycles.